The van der Waals surface area contributed by atoms with Gasteiger partial charge in [0, 0.05) is 13.2 Å². The van der Waals surface area contributed by atoms with Crippen LogP contribution in [0.3, 0.4) is 0 Å². The van der Waals surface area contributed by atoms with Crippen LogP contribution in [0.2, 0.25) is 0 Å². The van der Waals surface area contributed by atoms with Crippen molar-refractivity contribution in [3.05, 3.63) is 0 Å². The Bertz CT molecular complexity index is 113. The first-order chi connectivity index (χ1) is 6.27. The second-order valence-electron chi connectivity index (χ2n) is 3.46. The Morgan fingerprint density at radius 3 is 2.46 bits per heavy atom. The third kappa shape index (κ3) is 11.4. The van der Waals surface area contributed by atoms with Crippen LogP contribution in [0.25, 0.3) is 0 Å². The summed E-state index contributed by atoms with van der Waals surface area (Å²) in [5.41, 5.74) is 0. The SMILES string of the molecule is CC(C)COCCCCCO[C]=O. The molecule has 1 radical (unpaired) electrons. The molecule has 0 atom stereocenters. The van der Waals surface area contributed by atoms with Crippen molar-refractivity contribution < 1.29 is 14.3 Å². The first kappa shape index (κ1) is 12.4. The molecule has 0 aromatic heterocycles. The number of hydrogen-bond acceptors (Lipinski definition) is 3. The highest BCUT2D eigenvalue weighted by atomic mass is 16.5. The average Bonchev–Trinajstić information content (AvgIpc) is 2.09. The van der Waals surface area contributed by atoms with Crippen molar-refractivity contribution in [3.8, 4) is 0 Å². The standard InChI is InChI=1S/C10H19O3/c1-10(2)8-12-6-4-3-5-7-13-9-11/h10H,3-8H2,1-2H3. The normalized spacial score (nSPS) is 10.4. The molecule has 0 aromatic rings. The molecule has 0 fully saturated rings. The maximum atomic E-state index is 9.64. The lowest BCUT2D eigenvalue weighted by atomic mass is 10.2. The predicted molar refractivity (Wildman–Crippen MR) is 51.2 cm³/mol. The second-order valence-corrected chi connectivity index (χ2v) is 3.46. The average molecular weight is 187 g/mol. The smallest absolute Gasteiger partial charge is 0.417 e. The Balaban J connectivity index is 2.87. The van der Waals surface area contributed by atoms with Crippen LogP contribution >= 0.6 is 0 Å². The van der Waals surface area contributed by atoms with Crippen LogP contribution in [0.5, 0.6) is 0 Å². The first-order valence-corrected chi connectivity index (χ1v) is 4.84. The van der Waals surface area contributed by atoms with E-state index in [0.717, 1.165) is 32.5 Å². The molecule has 0 aliphatic heterocycles. The molecule has 0 spiro atoms. The van der Waals surface area contributed by atoms with Crippen molar-refractivity contribution in [3.63, 3.8) is 0 Å². The molecule has 0 aliphatic rings. The maximum Gasteiger partial charge on any atom is 0.417 e. The van der Waals surface area contributed by atoms with Gasteiger partial charge in [-0.3, -0.25) is 0 Å². The summed E-state index contributed by atoms with van der Waals surface area (Å²) in [7, 11) is 0. The van der Waals surface area contributed by atoms with Gasteiger partial charge in [0.05, 0.1) is 6.61 Å². The van der Waals surface area contributed by atoms with Gasteiger partial charge < -0.3 is 9.47 Å². The summed E-state index contributed by atoms with van der Waals surface area (Å²) in [5, 5.41) is 0. The molecule has 0 saturated carbocycles. The molecule has 3 nitrogen and oxygen atoms in total. The predicted octanol–water partition coefficient (Wildman–Crippen LogP) is 1.91. The van der Waals surface area contributed by atoms with Gasteiger partial charge in [0.1, 0.15) is 0 Å². The fourth-order valence-electron chi connectivity index (χ4n) is 0.916. The van der Waals surface area contributed by atoms with Crippen LogP contribution in [0.4, 0.5) is 0 Å². The van der Waals surface area contributed by atoms with Crippen molar-refractivity contribution in [1.82, 2.24) is 0 Å². The van der Waals surface area contributed by atoms with Gasteiger partial charge in [0.15, 0.2) is 0 Å². The zero-order valence-electron chi connectivity index (χ0n) is 8.54. The number of unbranched alkanes of at least 4 members (excludes halogenated alkanes) is 2. The molecule has 0 rings (SSSR count). The minimum Gasteiger partial charge on any atom is -0.457 e. The summed E-state index contributed by atoms with van der Waals surface area (Å²) >= 11 is 0. The highest BCUT2D eigenvalue weighted by Crippen LogP contribution is 1.98. The topological polar surface area (TPSA) is 35.5 Å². The van der Waals surface area contributed by atoms with Crippen molar-refractivity contribution in [2.75, 3.05) is 19.8 Å². The van der Waals surface area contributed by atoms with Crippen molar-refractivity contribution in [2.45, 2.75) is 33.1 Å². The molecule has 3 heteroatoms. The van der Waals surface area contributed by atoms with Crippen LogP contribution in [0, 0.1) is 5.92 Å². The van der Waals surface area contributed by atoms with E-state index in [1.807, 2.05) is 0 Å². The molecule has 0 bridgehead atoms. The van der Waals surface area contributed by atoms with Crippen molar-refractivity contribution in [2.24, 2.45) is 5.92 Å². The minimum atomic E-state index is 0.480. The molecule has 13 heavy (non-hydrogen) atoms. The minimum absolute atomic E-state index is 0.480. The molecule has 0 N–H and O–H groups in total. The number of ether oxygens (including phenoxy) is 2. The van der Waals surface area contributed by atoms with E-state index in [4.69, 9.17) is 4.74 Å². The highest BCUT2D eigenvalue weighted by Gasteiger charge is 1.94. The monoisotopic (exact) mass is 187 g/mol. The van der Waals surface area contributed by atoms with Gasteiger partial charge in [0.2, 0.25) is 0 Å². The summed E-state index contributed by atoms with van der Waals surface area (Å²) < 4.78 is 9.82. The number of carbonyl (C=O) groups excluding carboxylic acids is 1. The summed E-state index contributed by atoms with van der Waals surface area (Å²) in [6, 6.07) is 0. The molecule has 0 aromatic carbocycles. The lowest BCUT2D eigenvalue weighted by Crippen LogP contribution is -2.03. The van der Waals surface area contributed by atoms with Crippen molar-refractivity contribution >= 4 is 6.47 Å². The molecule has 0 saturated heterocycles. The lowest BCUT2D eigenvalue weighted by Gasteiger charge is -2.05. The second kappa shape index (κ2) is 9.52. The molecule has 0 heterocycles. The Morgan fingerprint density at radius 2 is 1.85 bits per heavy atom. The Hall–Kier alpha value is -0.570. The molecule has 0 amide bonds. The van der Waals surface area contributed by atoms with E-state index in [0.29, 0.717) is 12.5 Å². The van der Waals surface area contributed by atoms with E-state index >= 15 is 0 Å². The summed E-state index contributed by atoms with van der Waals surface area (Å²) in [5.74, 6) is 0.605. The Morgan fingerprint density at radius 1 is 1.15 bits per heavy atom. The number of hydrogen-bond donors (Lipinski definition) is 0. The van der Waals surface area contributed by atoms with E-state index in [2.05, 4.69) is 18.6 Å². The molecule has 0 aliphatic carbocycles. The summed E-state index contributed by atoms with van der Waals surface area (Å²) in [6.07, 6.45) is 2.98. The largest absolute Gasteiger partial charge is 0.457 e. The van der Waals surface area contributed by atoms with E-state index in [1.165, 1.54) is 6.47 Å². The fourth-order valence-corrected chi connectivity index (χ4v) is 0.916. The van der Waals surface area contributed by atoms with Gasteiger partial charge in [-0.15, -0.1) is 0 Å². The van der Waals surface area contributed by atoms with Crippen LogP contribution in [-0.2, 0) is 14.3 Å². The van der Waals surface area contributed by atoms with Crippen molar-refractivity contribution in [1.29, 1.82) is 0 Å². The van der Waals surface area contributed by atoms with Gasteiger partial charge in [-0.25, -0.2) is 4.79 Å². The van der Waals surface area contributed by atoms with E-state index < -0.39 is 0 Å². The van der Waals surface area contributed by atoms with Gasteiger partial charge in [-0.05, 0) is 25.2 Å². The van der Waals surface area contributed by atoms with E-state index in [-0.39, 0.29) is 0 Å². The van der Waals surface area contributed by atoms with Gasteiger partial charge in [-0.1, -0.05) is 13.8 Å². The van der Waals surface area contributed by atoms with Crippen LogP contribution in [0.1, 0.15) is 33.1 Å². The first-order valence-electron chi connectivity index (χ1n) is 4.84. The van der Waals surface area contributed by atoms with Crippen LogP contribution in [0.15, 0.2) is 0 Å². The third-order valence-electron chi connectivity index (χ3n) is 1.55. The third-order valence-corrected chi connectivity index (χ3v) is 1.55. The van der Waals surface area contributed by atoms with Crippen LogP contribution < -0.4 is 0 Å². The summed E-state index contributed by atoms with van der Waals surface area (Å²) in [4.78, 5) is 9.64. The van der Waals surface area contributed by atoms with Crippen LogP contribution in [-0.4, -0.2) is 26.3 Å². The zero-order chi connectivity index (χ0) is 9.94. The summed E-state index contributed by atoms with van der Waals surface area (Å²) in [6.45, 7) is 7.79. The highest BCUT2D eigenvalue weighted by molar-refractivity contribution is 5.37. The van der Waals surface area contributed by atoms with E-state index in [9.17, 15) is 4.79 Å². The Kier molecular flexibility index (Phi) is 9.10. The van der Waals surface area contributed by atoms with E-state index in [1.54, 1.807) is 0 Å². The fraction of sp³-hybridized carbons (Fsp3) is 0.900. The Labute approximate surface area is 80.4 Å². The van der Waals surface area contributed by atoms with Gasteiger partial charge in [0.25, 0.3) is 0 Å². The quantitative estimate of drug-likeness (QED) is 0.517. The maximum absolute atomic E-state index is 9.64. The number of rotatable bonds is 9. The zero-order valence-corrected chi connectivity index (χ0v) is 8.54. The molecular weight excluding hydrogens is 168 g/mol. The molecule has 77 valence electrons. The molecule has 0 unspecified atom stereocenters. The molecular formula is C10H19O3. The van der Waals surface area contributed by atoms with Gasteiger partial charge >= 0.3 is 6.47 Å². The lowest BCUT2D eigenvalue weighted by molar-refractivity contribution is 0.105. The van der Waals surface area contributed by atoms with Gasteiger partial charge in [-0.2, -0.15) is 0 Å².